The molecule has 2 rings (SSSR count). The van der Waals surface area contributed by atoms with E-state index in [2.05, 4.69) is 38.0 Å². The van der Waals surface area contributed by atoms with Crippen molar-refractivity contribution < 1.29 is 0 Å². The minimum absolute atomic E-state index is 0.347. The van der Waals surface area contributed by atoms with Crippen LogP contribution in [-0.4, -0.2) is 36.1 Å². The summed E-state index contributed by atoms with van der Waals surface area (Å²) in [6.07, 6.45) is 8.44. The van der Waals surface area contributed by atoms with E-state index >= 15 is 0 Å². The van der Waals surface area contributed by atoms with E-state index in [0.29, 0.717) is 5.54 Å². The van der Waals surface area contributed by atoms with Crippen LogP contribution < -0.4 is 5.32 Å². The minimum Gasteiger partial charge on any atom is -0.310 e. The molecule has 0 spiro atoms. The Morgan fingerprint density at radius 3 is 2.24 bits per heavy atom. The lowest BCUT2D eigenvalue weighted by Gasteiger charge is -2.37. The normalized spacial score (nSPS) is 37.6. The van der Waals surface area contributed by atoms with Crippen molar-refractivity contribution >= 4 is 0 Å². The van der Waals surface area contributed by atoms with E-state index in [1.807, 2.05) is 0 Å². The fraction of sp³-hybridized carbons (Fsp3) is 1.00. The first kappa shape index (κ1) is 13.4. The maximum Gasteiger partial charge on any atom is 0.0238 e. The topological polar surface area (TPSA) is 15.3 Å². The van der Waals surface area contributed by atoms with Crippen molar-refractivity contribution in [3.05, 3.63) is 0 Å². The third-order valence-corrected chi connectivity index (χ3v) is 5.11. The average molecular weight is 238 g/mol. The molecule has 1 unspecified atom stereocenters. The molecule has 2 fully saturated rings. The van der Waals surface area contributed by atoms with Gasteiger partial charge >= 0.3 is 0 Å². The predicted octanol–water partition coefficient (Wildman–Crippen LogP) is 3.03. The summed E-state index contributed by atoms with van der Waals surface area (Å²) in [6, 6.07) is 1.60. The van der Waals surface area contributed by atoms with Crippen LogP contribution >= 0.6 is 0 Å². The van der Waals surface area contributed by atoms with Gasteiger partial charge in [-0.1, -0.05) is 13.3 Å². The molecule has 0 radical (unpaired) electrons. The smallest absolute Gasteiger partial charge is 0.0238 e. The van der Waals surface area contributed by atoms with E-state index < -0.39 is 0 Å². The second-order valence-electron chi connectivity index (χ2n) is 6.87. The largest absolute Gasteiger partial charge is 0.310 e. The van der Waals surface area contributed by atoms with Gasteiger partial charge < -0.3 is 5.32 Å². The first-order valence-electron chi connectivity index (χ1n) is 7.49. The first-order chi connectivity index (χ1) is 8.02. The zero-order valence-corrected chi connectivity index (χ0v) is 12.1. The Bertz CT molecular complexity index is 241. The van der Waals surface area contributed by atoms with Crippen molar-refractivity contribution in [2.45, 2.75) is 76.9 Å². The van der Waals surface area contributed by atoms with Crippen LogP contribution in [0, 0.1) is 5.92 Å². The van der Waals surface area contributed by atoms with Crippen LogP contribution in [0.1, 0.15) is 59.3 Å². The van der Waals surface area contributed by atoms with Crippen LogP contribution in [0.25, 0.3) is 0 Å². The molecule has 1 aliphatic heterocycles. The lowest BCUT2D eigenvalue weighted by atomic mass is 9.83. The number of hydrogen-bond donors (Lipinski definition) is 1. The summed E-state index contributed by atoms with van der Waals surface area (Å²) in [5.74, 6) is 1.01. The number of nitrogens with zero attached hydrogens (tertiary/aromatic N) is 1. The molecule has 17 heavy (non-hydrogen) atoms. The van der Waals surface area contributed by atoms with Crippen LogP contribution in [0.4, 0.5) is 0 Å². The standard InChI is InChI=1S/C15H30N2/c1-5-12-6-8-13(9-7-12)17(4)14-10-15(2,3)16-11-14/h12-14,16H,5-11H2,1-4H3. The van der Waals surface area contributed by atoms with E-state index in [1.54, 1.807) is 0 Å². The molecular formula is C15H30N2. The van der Waals surface area contributed by atoms with Crippen molar-refractivity contribution in [1.29, 1.82) is 0 Å². The molecule has 2 heteroatoms. The number of rotatable bonds is 3. The molecule has 0 bridgehead atoms. The minimum atomic E-state index is 0.347. The molecule has 1 saturated heterocycles. The molecule has 0 aromatic carbocycles. The van der Waals surface area contributed by atoms with E-state index in [0.717, 1.165) is 18.0 Å². The summed E-state index contributed by atoms with van der Waals surface area (Å²) in [5.41, 5.74) is 0.347. The van der Waals surface area contributed by atoms with Gasteiger partial charge in [-0.25, -0.2) is 0 Å². The Labute approximate surface area is 107 Å². The molecule has 1 heterocycles. The molecule has 0 aromatic rings. The second-order valence-corrected chi connectivity index (χ2v) is 6.87. The van der Waals surface area contributed by atoms with Gasteiger partial charge in [0, 0.05) is 24.2 Å². The van der Waals surface area contributed by atoms with Gasteiger partial charge in [0.15, 0.2) is 0 Å². The summed E-state index contributed by atoms with van der Waals surface area (Å²) >= 11 is 0. The number of hydrogen-bond acceptors (Lipinski definition) is 2. The van der Waals surface area contributed by atoms with Crippen LogP contribution in [0.2, 0.25) is 0 Å². The Kier molecular flexibility index (Phi) is 4.14. The summed E-state index contributed by atoms with van der Waals surface area (Å²) in [7, 11) is 2.35. The zero-order valence-electron chi connectivity index (χ0n) is 12.1. The van der Waals surface area contributed by atoms with Crippen molar-refractivity contribution in [3.63, 3.8) is 0 Å². The maximum absolute atomic E-state index is 3.64. The molecule has 1 aliphatic carbocycles. The van der Waals surface area contributed by atoms with Gasteiger partial charge in [-0.05, 0) is 58.9 Å². The fourth-order valence-electron chi connectivity index (χ4n) is 3.67. The van der Waals surface area contributed by atoms with Gasteiger partial charge in [-0.15, -0.1) is 0 Å². The molecule has 0 aromatic heterocycles. The molecule has 2 aliphatic rings. The van der Waals surface area contributed by atoms with Crippen molar-refractivity contribution in [3.8, 4) is 0 Å². The van der Waals surface area contributed by atoms with Crippen LogP contribution in [0.3, 0.4) is 0 Å². The van der Waals surface area contributed by atoms with Gasteiger partial charge in [-0.2, -0.15) is 0 Å². The molecular weight excluding hydrogens is 208 g/mol. The molecule has 1 atom stereocenters. The predicted molar refractivity (Wildman–Crippen MR) is 74.3 cm³/mol. The van der Waals surface area contributed by atoms with E-state index in [4.69, 9.17) is 0 Å². The lowest BCUT2D eigenvalue weighted by Crippen LogP contribution is -2.43. The summed E-state index contributed by atoms with van der Waals surface area (Å²) in [6.45, 7) is 8.18. The van der Waals surface area contributed by atoms with E-state index in [9.17, 15) is 0 Å². The van der Waals surface area contributed by atoms with Crippen molar-refractivity contribution in [2.75, 3.05) is 13.6 Å². The highest BCUT2D eigenvalue weighted by Gasteiger charge is 2.35. The summed E-state index contributed by atoms with van der Waals surface area (Å²) < 4.78 is 0. The van der Waals surface area contributed by atoms with Gasteiger partial charge in [0.25, 0.3) is 0 Å². The van der Waals surface area contributed by atoms with Gasteiger partial charge in [-0.3, -0.25) is 4.90 Å². The Morgan fingerprint density at radius 1 is 1.12 bits per heavy atom. The van der Waals surface area contributed by atoms with Crippen molar-refractivity contribution in [2.24, 2.45) is 5.92 Å². The molecule has 1 saturated carbocycles. The highest BCUT2D eigenvalue weighted by Crippen LogP contribution is 2.32. The monoisotopic (exact) mass is 238 g/mol. The van der Waals surface area contributed by atoms with Gasteiger partial charge in [0.05, 0.1) is 0 Å². The van der Waals surface area contributed by atoms with Crippen LogP contribution in [0.5, 0.6) is 0 Å². The second kappa shape index (κ2) is 5.27. The fourth-order valence-corrected chi connectivity index (χ4v) is 3.67. The third kappa shape index (κ3) is 3.23. The van der Waals surface area contributed by atoms with Crippen LogP contribution in [-0.2, 0) is 0 Å². The maximum atomic E-state index is 3.64. The van der Waals surface area contributed by atoms with E-state index in [1.165, 1.54) is 45.1 Å². The van der Waals surface area contributed by atoms with E-state index in [-0.39, 0.29) is 0 Å². The van der Waals surface area contributed by atoms with Crippen LogP contribution in [0.15, 0.2) is 0 Å². The summed E-state index contributed by atoms with van der Waals surface area (Å²) in [4.78, 5) is 2.67. The Hall–Kier alpha value is -0.0800. The third-order valence-electron chi connectivity index (χ3n) is 5.11. The molecule has 2 nitrogen and oxygen atoms in total. The zero-order chi connectivity index (χ0) is 12.5. The average Bonchev–Trinajstić information content (AvgIpc) is 2.69. The Balaban J connectivity index is 1.83. The molecule has 1 N–H and O–H groups in total. The SMILES string of the molecule is CCC1CCC(N(C)C2CNC(C)(C)C2)CC1. The number of nitrogens with one attached hydrogen (secondary N) is 1. The Morgan fingerprint density at radius 2 is 1.76 bits per heavy atom. The van der Waals surface area contributed by atoms with Gasteiger partial charge in [0.1, 0.15) is 0 Å². The van der Waals surface area contributed by atoms with Gasteiger partial charge in [0.2, 0.25) is 0 Å². The van der Waals surface area contributed by atoms with Crippen molar-refractivity contribution in [1.82, 2.24) is 10.2 Å². The molecule has 100 valence electrons. The molecule has 0 amide bonds. The first-order valence-corrected chi connectivity index (χ1v) is 7.49. The summed E-state index contributed by atoms with van der Waals surface area (Å²) in [5, 5.41) is 3.64. The number of likely N-dealkylation sites (N-methyl/N-ethyl adjacent to an activating group) is 1. The highest BCUT2D eigenvalue weighted by molar-refractivity contribution is 4.95. The quantitative estimate of drug-likeness (QED) is 0.813. The highest BCUT2D eigenvalue weighted by atomic mass is 15.2. The lowest BCUT2D eigenvalue weighted by molar-refractivity contribution is 0.124.